The Morgan fingerprint density at radius 1 is 1.17 bits per heavy atom. The van der Waals surface area contributed by atoms with Crippen molar-refractivity contribution in [3.63, 3.8) is 0 Å². The predicted molar refractivity (Wildman–Crippen MR) is 94.6 cm³/mol. The van der Waals surface area contributed by atoms with Crippen molar-refractivity contribution in [2.45, 2.75) is 20.5 Å². The SMILES string of the molecule is Cc1ccc(OCc2nc(C(=O)Nc3cc(C)ccn3)cs2)cc1. The second-order valence-corrected chi connectivity index (χ2v) is 6.34. The van der Waals surface area contributed by atoms with Crippen molar-refractivity contribution >= 4 is 23.1 Å². The Morgan fingerprint density at radius 3 is 2.71 bits per heavy atom. The van der Waals surface area contributed by atoms with Gasteiger partial charge in [0.05, 0.1) is 0 Å². The minimum atomic E-state index is -0.272. The number of carbonyl (C=O) groups is 1. The zero-order chi connectivity index (χ0) is 16.9. The van der Waals surface area contributed by atoms with Crippen LogP contribution in [-0.4, -0.2) is 15.9 Å². The average Bonchev–Trinajstić information content (AvgIpc) is 3.03. The van der Waals surface area contributed by atoms with Gasteiger partial charge >= 0.3 is 0 Å². The molecule has 0 saturated carbocycles. The highest BCUT2D eigenvalue weighted by atomic mass is 32.1. The van der Waals surface area contributed by atoms with Crippen molar-refractivity contribution < 1.29 is 9.53 Å². The largest absolute Gasteiger partial charge is 0.486 e. The third-order valence-electron chi connectivity index (χ3n) is 3.32. The summed E-state index contributed by atoms with van der Waals surface area (Å²) in [6.07, 6.45) is 1.66. The lowest BCUT2D eigenvalue weighted by atomic mass is 10.2. The first-order valence-electron chi connectivity index (χ1n) is 7.48. The molecule has 0 spiro atoms. The van der Waals surface area contributed by atoms with Crippen LogP contribution in [0.5, 0.6) is 5.75 Å². The molecule has 1 aromatic carbocycles. The number of nitrogens with zero attached hydrogens (tertiary/aromatic N) is 2. The maximum absolute atomic E-state index is 12.2. The van der Waals surface area contributed by atoms with E-state index in [1.54, 1.807) is 11.6 Å². The second-order valence-electron chi connectivity index (χ2n) is 5.40. The zero-order valence-corrected chi connectivity index (χ0v) is 14.3. The average molecular weight is 339 g/mol. The number of aromatic nitrogens is 2. The van der Waals surface area contributed by atoms with Crippen LogP contribution in [-0.2, 0) is 6.61 Å². The van der Waals surface area contributed by atoms with Crippen LogP contribution in [0, 0.1) is 13.8 Å². The summed E-state index contributed by atoms with van der Waals surface area (Å²) in [5.41, 5.74) is 2.58. The van der Waals surface area contributed by atoms with Crippen molar-refractivity contribution in [1.82, 2.24) is 9.97 Å². The van der Waals surface area contributed by atoms with E-state index in [4.69, 9.17) is 4.74 Å². The molecule has 1 N–H and O–H groups in total. The van der Waals surface area contributed by atoms with Gasteiger partial charge in [0.15, 0.2) is 0 Å². The van der Waals surface area contributed by atoms with E-state index in [1.807, 2.05) is 50.2 Å². The van der Waals surface area contributed by atoms with Crippen molar-refractivity contribution in [1.29, 1.82) is 0 Å². The van der Waals surface area contributed by atoms with Crippen LogP contribution in [0.4, 0.5) is 5.82 Å². The fourth-order valence-corrected chi connectivity index (χ4v) is 2.73. The van der Waals surface area contributed by atoms with Crippen LogP contribution in [0.15, 0.2) is 48.0 Å². The Bertz CT molecular complexity index is 843. The highest BCUT2D eigenvalue weighted by Gasteiger charge is 2.12. The van der Waals surface area contributed by atoms with Crippen molar-refractivity contribution in [2.24, 2.45) is 0 Å². The van der Waals surface area contributed by atoms with Gasteiger partial charge in [0.1, 0.15) is 28.9 Å². The quantitative estimate of drug-likeness (QED) is 0.763. The standard InChI is InChI=1S/C18H17N3O2S/c1-12-3-5-14(6-4-12)23-10-17-20-15(11-24-17)18(22)21-16-9-13(2)7-8-19-16/h3-9,11H,10H2,1-2H3,(H,19,21,22). The zero-order valence-electron chi connectivity index (χ0n) is 13.4. The van der Waals surface area contributed by atoms with Gasteiger partial charge in [-0.25, -0.2) is 9.97 Å². The van der Waals surface area contributed by atoms with Gasteiger partial charge in [0.25, 0.3) is 5.91 Å². The number of rotatable bonds is 5. The van der Waals surface area contributed by atoms with E-state index in [1.165, 1.54) is 16.9 Å². The summed E-state index contributed by atoms with van der Waals surface area (Å²) in [6.45, 7) is 4.31. The number of hydrogen-bond acceptors (Lipinski definition) is 5. The van der Waals surface area contributed by atoms with Gasteiger partial charge in [0.2, 0.25) is 0 Å². The molecule has 6 heteroatoms. The van der Waals surface area contributed by atoms with Gasteiger partial charge < -0.3 is 10.1 Å². The maximum Gasteiger partial charge on any atom is 0.276 e. The lowest BCUT2D eigenvalue weighted by Gasteiger charge is -2.04. The molecular formula is C18H17N3O2S. The van der Waals surface area contributed by atoms with Gasteiger partial charge in [-0.1, -0.05) is 17.7 Å². The lowest BCUT2D eigenvalue weighted by molar-refractivity contribution is 0.102. The predicted octanol–water partition coefficient (Wildman–Crippen LogP) is 3.99. The minimum Gasteiger partial charge on any atom is -0.486 e. The van der Waals surface area contributed by atoms with E-state index in [0.717, 1.165) is 16.3 Å². The molecule has 5 nitrogen and oxygen atoms in total. The van der Waals surface area contributed by atoms with E-state index in [9.17, 15) is 4.79 Å². The number of pyridine rings is 1. The number of anilines is 1. The van der Waals surface area contributed by atoms with Crippen molar-refractivity contribution in [2.75, 3.05) is 5.32 Å². The number of carbonyl (C=O) groups excluding carboxylic acids is 1. The molecule has 1 amide bonds. The first-order valence-corrected chi connectivity index (χ1v) is 8.36. The number of hydrogen-bond donors (Lipinski definition) is 1. The van der Waals surface area contributed by atoms with Crippen LogP contribution >= 0.6 is 11.3 Å². The second kappa shape index (κ2) is 7.23. The van der Waals surface area contributed by atoms with Crippen LogP contribution in [0.1, 0.15) is 26.6 Å². The Labute approximate surface area is 144 Å². The molecule has 0 saturated heterocycles. The van der Waals surface area contributed by atoms with E-state index in [-0.39, 0.29) is 5.91 Å². The van der Waals surface area contributed by atoms with E-state index in [2.05, 4.69) is 15.3 Å². The number of benzene rings is 1. The smallest absolute Gasteiger partial charge is 0.276 e. The molecule has 0 fully saturated rings. The Balaban J connectivity index is 1.60. The third-order valence-corrected chi connectivity index (χ3v) is 4.15. The van der Waals surface area contributed by atoms with Gasteiger partial charge in [-0.05, 0) is 43.7 Å². The molecule has 0 aliphatic rings. The molecule has 0 atom stereocenters. The van der Waals surface area contributed by atoms with Crippen LogP contribution < -0.4 is 10.1 Å². The van der Waals surface area contributed by atoms with Gasteiger partial charge in [-0.15, -0.1) is 11.3 Å². The first kappa shape index (κ1) is 16.1. The van der Waals surface area contributed by atoms with E-state index >= 15 is 0 Å². The van der Waals surface area contributed by atoms with Crippen LogP contribution in [0.2, 0.25) is 0 Å². The molecule has 0 unspecified atom stereocenters. The molecule has 0 radical (unpaired) electrons. The summed E-state index contributed by atoms with van der Waals surface area (Å²) in [7, 11) is 0. The van der Waals surface area contributed by atoms with Gasteiger partial charge in [0, 0.05) is 11.6 Å². The summed E-state index contributed by atoms with van der Waals surface area (Å²) in [4.78, 5) is 20.6. The highest BCUT2D eigenvalue weighted by Crippen LogP contribution is 2.17. The minimum absolute atomic E-state index is 0.272. The fourth-order valence-electron chi connectivity index (χ4n) is 2.05. The van der Waals surface area contributed by atoms with Gasteiger partial charge in [-0.3, -0.25) is 4.79 Å². The molecular weight excluding hydrogens is 322 g/mol. The number of ether oxygens (including phenoxy) is 1. The lowest BCUT2D eigenvalue weighted by Crippen LogP contribution is -2.13. The topological polar surface area (TPSA) is 64.1 Å². The third kappa shape index (κ3) is 4.17. The summed E-state index contributed by atoms with van der Waals surface area (Å²) in [5, 5.41) is 5.21. The fraction of sp³-hybridized carbons (Fsp3) is 0.167. The Morgan fingerprint density at radius 2 is 1.96 bits per heavy atom. The summed E-state index contributed by atoms with van der Waals surface area (Å²) in [5.74, 6) is 1.03. The van der Waals surface area contributed by atoms with Crippen molar-refractivity contribution in [3.05, 3.63) is 69.8 Å². The molecule has 2 aromatic heterocycles. The highest BCUT2D eigenvalue weighted by molar-refractivity contribution is 7.09. The monoisotopic (exact) mass is 339 g/mol. The first-order chi connectivity index (χ1) is 11.6. The molecule has 0 bridgehead atoms. The van der Waals surface area contributed by atoms with Crippen LogP contribution in [0.25, 0.3) is 0 Å². The molecule has 2 heterocycles. The van der Waals surface area contributed by atoms with Gasteiger partial charge in [-0.2, -0.15) is 0 Å². The number of nitrogens with one attached hydrogen (secondary N) is 1. The molecule has 24 heavy (non-hydrogen) atoms. The summed E-state index contributed by atoms with van der Waals surface area (Å²) < 4.78 is 5.68. The molecule has 122 valence electrons. The summed E-state index contributed by atoms with van der Waals surface area (Å²) >= 11 is 1.40. The Kier molecular flexibility index (Phi) is 4.86. The molecule has 0 aliphatic carbocycles. The summed E-state index contributed by atoms with van der Waals surface area (Å²) in [6, 6.07) is 11.5. The number of thiazole rings is 1. The van der Waals surface area contributed by atoms with E-state index in [0.29, 0.717) is 18.1 Å². The molecule has 0 aliphatic heterocycles. The number of amides is 1. The Hall–Kier alpha value is -2.73. The van der Waals surface area contributed by atoms with E-state index < -0.39 is 0 Å². The van der Waals surface area contributed by atoms with Crippen molar-refractivity contribution in [3.8, 4) is 5.75 Å². The number of aryl methyl sites for hydroxylation is 2. The molecule has 3 aromatic rings. The van der Waals surface area contributed by atoms with Crippen LogP contribution in [0.3, 0.4) is 0 Å². The maximum atomic E-state index is 12.2. The molecule has 3 rings (SSSR count). The normalized spacial score (nSPS) is 10.4.